The van der Waals surface area contributed by atoms with Crippen molar-refractivity contribution in [2.24, 2.45) is 5.92 Å². The Hall–Kier alpha value is -2.83. The minimum Gasteiger partial charge on any atom is -0.443 e. The number of nitrogens with two attached hydrogens (primary N) is 1. The average molecular weight is 356 g/mol. The number of anilines is 2. The molecule has 26 heavy (non-hydrogen) atoms. The summed E-state index contributed by atoms with van der Waals surface area (Å²) in [6.45, 7) is 5.35. The van der Waals surface area contributed by atoms with Gasteiger partial charge in [-0.25, -0.2) is 14.3 Å². The molecule has 0 unspecified atom stereocenters. The van der Waals surface area contributed by atoms with Gasteiger partial charge in [0.25, 0.3) is 0 Å². The average Bonchev–Trinajstić information content (AvgIpc) is 2.86. The molecule has 1 aromatic carbocycles. The van der Waals surface area contributed by atoms with Gasteiger partial charge < -0.3 is 15.8 Å². The highest BCUT2D eigenvalue weighted by molar-refractivity contribution is 5.97. The Balaban J connectivity index is 1.95. The number of carbonyl (C=O) groups is 2. The monoisotopic (exact) mass is 356 g/mol. The van der Waals surface area contributed by atoms with E-state index in [0.29, 0.717) is 16.9 Å². The van der Waals surface area contributed by atoms with Crippen molar-refractivity contribution < 1.29 is 14.3 Å². The molecule has 1 fully saturated rings. The van der Waals surface area contributed by atoms with Crippen LogP contribution in [0, 0.1) is 5.92 Å². The van der Waals surface area contributed by atoms with Crippen molar-refractivity contribution in [1.82, 2.24) is 9.55 Å². The Morgan fingerprint density at radius 1 is 1.27 bits per heavy atom. The van der Waals surface area contributed by atoms with Gasteiger partial charge in [-0.2, -0.15) is 0 Å². The second kappa shape index (κ2) is 6.82. The predicted octanol–water partition coefficient (Wildman–Crippen LogP) is 3.65. The van der Waals surface area contributed by atoms with Crippen molar-refractivity contribution in [3.05, 3.63) is 30.5 Å². The zero-order chi connectivity index (χ0) is 18.9. The maximum Gasteiger partial charge on any atom is 0.421 e. The molecule has 1 amide bonds. The topological polar surface area (TPSA) is 99.2 Å². The number of carbonyl (C=O) groups excluding carboxylic acids is 2. The van der Waals surface area contributed by atoms with E-state index >= 15 is 0 Å². The first-order chi connectivity index (χ1) is 12.3. The van der Waals surface area contributed by atoms with Gasteiger partial charge >= 0.3 is 6.09 Å². The maximum atomic E-state index is 12.6. The smallest absolute Gasteiger partial charge is 0.421 e. The van der Waals surface area contributed by atoms with Gasteiger partial charge in [0, 0.05) is 11.5 Å². The number of rotatable bonds is 3. The Labute approximate surface area is 152 Å². The largest absolute Gasteiger partial charge is 0.443 e. The van der Waals surface area contributed by atoms with E-state index in [9.17, 15) is 9.59 Å². The molecule has 0 bridgehead atoms. The van der Waals surface area contributed by atoms with E-state index in [1.165, 1.54) is 10.8 Å². The molecule has 0 saturated heterocycles. The number of imidazole rings is 1. The minimum absolute atomic E-state index is 0.00000491. The summed E-state index contributed by atoms with van der Waals surface area (Å²) in [6.07, 6.45) is 3.81. The molecule has 0 radical (unpaired) electrons. The summed E-state index contributed by atoms with van der Waals surface area (Å²) in [4.78, 5) is 29.0. The standard InChI is InChI=1S/C19H24N4O3/c1-19(2,3)26-18(25)23-15(11-21-17(23)20)13-9-4-5-10-14(13)22-16(24)12-7-6-8-12/h4-5,9-12H,6-8H2,1-3H3,(H2,20,21)(H,22,24). The molecule has 7 nitrogen and oxygen atoms in total. The zero-order valence-electron chi connectivity index (χ0n) is 15.3. The Morgan fingerprint density at radius 2 is 1.96 bits per heavy atom. The van der Waals surface area contributed by atoms with Crippen LogP contribution in [-0.4, -0.2) is 27.2 Å². The van der Waals surface area contributed by atoms with Crippen molar-refractivity contribution in [3.63, 3.8) is 0 Å². The first-order valence-corrected chi connectivity index (χ1v) is 8.73. The number of ether oxygens (including phenoxy) is 1. The lowest BCUT2D eigenvalue weighted by molar-refractivity contribution is -0.122. The van der Waals surface area contributed by atoms with Crippen LogP contribution < -0.4 is 11.1 Å². The highest BCUT2D eigenvalue weighted by Gasteiger charge is 2.27. The second-order valence-electron chi connectivity index (χ2n) is 7.48. The third-order valence-electron chi connectivity index (χ3n) is 4.30. The van der Waals surface area contributed by atoms with Crippen LogP contribution in [0.3, 0.4) is 0 Å². The normalized spacial score (nSPS) is 14.6. The Morgan fingerprint density at radius 3 is 2.58 bits per heavy atom. The number of aromatic nitrogens is 2. The van der Waals surface area contributed by atoms with Gasteiger partial charge in [-0.05, 0) is 39.7 Å². The first-order valence-electron chi connectivity index (χ1n) is 8.73. The molecule has 1 aliphatic carbocycles. The fourth-order valence-electron chi connectivity index (χ4n) is 2.78. The van der Waals surface area contributed by atoms with E-state index in [1.807, 2.05) is 18.2 Å². The molecule has 0 atom stereocenters. The molecular weight excluding hydrogens is 332 g/mol. The molecular formula is C19H24N4O3. The van der Waals surface area contributed by atoms with Gasteiger partial charge in [0.15, 0.2) is 0 Å². The molecule has 1 saturated carbocycles. The van der Waals surface area contributed by atoms with Crippen molar-refractivity contribution in [2.75, 3.05) is 11.1 Å². The number of para-hydroxylation sites is 1. The quantitative estimate of drug-likeness (QED) is 0.874. The molecule has 3 rings (SSSR count). The van der Waals surface area contributed by atoms with Gasteiger partial charge in [0.05, 0.1) is 17.6 Å². The molecule has 3 N–H and O–H groups in total. The fourth-order valence-corrected chi connectivity index (χ4v) is 2.78. The molecule has 7 heteroatoms. The number of hydrogen-bond donors (Lipinski definition) is 2. The van der Waals surface area contributed by atoms with E-state index in [0.717, 1.165) is 19.3 Å². The molecule has 2 aromatic rings. The predicted molar refractivity (Wildman–Crippen MR) is 99.7 cm³/mol. The lowest BCUT2D eigenvalue weighted by Crippen LogP contribution is -2.29. The number of nitrogens with zero attached hydrogens (tertiary/aromatic N) is 2. The van der Waals surface area contributed by atoms with Crippen LogP contribution in [0.1, 0.15) is 40.0 Å². The van der Waals surface area contributed by atoms with Crippen LogP contribution in [0.15, 0.2) is 30.5 Å². The van der Waals surface area contributed by atoms with Crippen LogP contribution in [-0.2, 0) is 9.53 Å². The fraction of sp³-hybridized carbons (Fsp3) is 0.421. The van der Waals surface area contributed by atoms with Gasteiger partial charge in [-0.3, -0.25) is 4.79 Å². The van der Waals surface area contributed by atoms with Gasteiger partial charge in [-0.1, -0.05) is 24.6 Å². The zero-order valence-corrected chi connectivity index (χ0v) is 15.3. The van der Waals surface area contributed by atoms with Crippen LogP contribution in [0.4, 0.5) is 16.4 Å². The number of benzene rings is 1. The second-order valence-corrected chi connectivity index (χ2v) is 7.48. The third kappa shape index (κ3) is 3.71. The summed E-state index contributed by atoms with van der Waals surface area (Å²) in [5, 5.41) is 2.96. The van der Waals surface area contributed by atoms with E-state index in [1.54, 1.807) is 26.8 Å². The van der Waals surface area contributed by atoms with Crippen LogP contribution >= 0.6 is 0 Å². The minimum atomic E-state index is -0.664. The Bertz CT molecular complexity index is 832. The van der Waals surface area contributed by atoms with Crippen LogP contribution in [0.25, 0.3) is 11.3 Å². The van der Waals surface area contributed by atoms with E-state index in [4.69, 9.17) is 10.5 Å². The van der Waals surface area contributed by atoms with Crippen LogP contribution in [0.5, 0.6) is 0 Å². The van der Waals surface area contributed by atoms with E-state index in [-0.39, 0.29) is 17.8 Å². The van der Waals surface area contributed by atoms with E-state index < -0.39 is 11.7 Å². The molecule has 0 aliphatic heterocycles. The van der Waals surface area contributed by atoms with Crippen molar-refractivity contribution in [1.29, 1.82) is 0 Å². The summed E-state index contributed by atoms with van der Waals surface area (Å²) in [7, 11) is 0. The van der Waals surface area contributed by atoms with Gasteiger partial charge in [0.1, 0.15) is 5.60 Å². The summed E-state index contributed by atoms with van der Waals surface area (Å²) >= 11 is 0. The van der Waals surface area contributed by atoms with Gasteiger partial charge in [-0.15, -0.1) is 0 Å². The van der Waals surface area contributed by atoms with Crippen LogP contribution in [0.2, 0.25) is 0 Å². The highest BCUT2D eigenvalue weighted by atomic mass is 16.6. The molecule has 138 valence electrons. The lowest BCUT2D eigenvalue weighted by atomic mass is 9.84. The number of nitrogen functional groups attached to an aromatic ring is 1. The molecule has 1 heterocycles. The molecule has 1 aliphatic rings. The number of nitrogens with one attached hydrogen (secondary N) is 1. The number of amides is 1. The van der Waals surface area contributed by atoms with Gasteiger partial charge in [0.2, 0.25) is 11.9 Å². The van der Waals surface area contributed by atoms with Crippen molar-refractivity contribution in [3.8, 4) is 11.3 Å². The first kappa shape index (κ1) is 18.0. The van der Waals surface area contributed by atoms with Crippen molar-refractivity contribution in [2.45, 2.75) is 45.6 Å². The highest BCUT2D eigenvalue weighted by Crippen LogP contribution is 2.32. The van der Waals surface area contributed by atoms with Crippen molar-refractivity contribution >= 4 is 23.6 Å². The Kier molecular flexibility index (Phi) is 4.71. The number of hydrogen-bond acceptors (Lipinski definition) is 5. The summed E-state index contributed by atoms with van der Waals surface area (Å²) in [5.74, 6) is 0.0956. The summed E-state index contributed by atoms with van der Waals surface area (Å²) in [5.41, 5.74) is 6.98. The lowest BCUT2D eigenvalue weighted by Gasteiger charge is -2.25. The maximum absolute atomic E-state index is 12.6. The third-order valence-corrected chi connectivity index (χ3v) is 4.30. The summed E-state index contributed by atoms with van der Waals surface area (Å²) in [6, 6.07) is 7.27. The van der Waals surface area contributed by atoms with E-state index in [2.05, 4.69) is 10.3 Å². The molecule has 0 spiro atoms. The SMILES string of the molecule is CC(C)(C)OC(=O)n1c(-c2ccccc2NC(=O)C2CCC2)cnc1N. The summed E-state index contributed by atoms with van der Waals surface area (Å²) < 4.78 is 6.65. The molecule has 1 aromatic heterocycles.